The maximum absolute atomic E-state index is 13.2. The number of carbonyl (C=O) groups excluding carboxylic acids is 3. The second-order valence-electron chi connectivity index (χ2n) is 9.07. The highest BCUT2D eigenvalue weighted by molar-refractivity contribution is 7.17. The summed E-state index contributed by atoms with van der Waals surface area (Å²) in [6.07, 6.45) is -3.93. The first-order chi connectivity index (χ1) is 18.4. The molecule has 3 atom stereocenters. The maximum Gasteiger partial charge on any atom is 0.389 e. The molecule has 0 aliphatic carbocycles. The summed E-state index contributed by atoms with van der Waals surface area (Å²) in [5.41, 5.74) is 1.85. The van der Waals surface area contributed by atoms with Crippen LogP contribution in [0.2, 0.25) is 0 Å². The van der Waals surface area contributed by atoms with Crippen molar-refractivity contribution in [3.63, 3.8) is 0 Å². The Kier molecular flexibility index (Phi) is 10.7. The summed E-state index contributed by atoms with van der Waals surface area (Å²) in [6, 6.07) is 5.15. The Morgan fingerprint density at radius 3 is 2.44 bits per heavy atom. The average Bonchev–Trinajstić information content (AvgIpc) is 3.57. The number of halogens is 3. The van der Waals surface area contributed by atoms with Gasteiger partial charge in [-0.05, 0) is 45.1 Å². The van der Waals surface area contributed by atoms with Crippen LogP contribution in [0.4, 0.5) is 13.2 Å². The van der Waals surface area contributed by atoms with Gasteiger partial charge in [0.25, 0.3) is 5.91 Å². The zero-order chi connectivity index (χ0) is 28.6. The predicted molar refractivity (Wildman–Crippen MR) is 143 cm³/mol. The number of hydrogen-bond donors (Lipinski definition) is 3. The fraction of sp³-hybridized carbons (Fsp3) is 0.423. The lowest BCUT2D eigenvalue weighted by atomic mass is 10.0. The number of rotatable bonds is 13. The lowest BCUT2D eigenvalue weighted by molar-refractivity contribution is -0.135. The van der Waals surface area contributed by atoms with Gasteiger partial charge in [-0.1, -0.05) is 24.3 Å². The van der Waals surface area contributed by atoms with E-state index in [1.165, 1.54) is 19.3 Å². The van der Waals surface area contributed by atoms with Gasteiger partial charge in [-0.25, -0.2) is 9.97 Å². The number of amides is 2. The first kappa shape index (κ1) is 30.4. The van der Waals surface area contributed by atoms with E-state index in [2.05, 4.69) is 20.6 Å². The molecular weight excluding hydrogens is 553 g/mol. The number of alkyl halides is 3. The van der Waals surface area contributed by atoms with E-state index < -0.39 is 48.4 Å². The summed E-state index contributed by atoms with van der Waals surface area (Å²) in [4.78, 5) is 47.7. The molecule has 3 aromatic rings. The number of thiazole rings is 2. The molecular formula is C26H29F3N4O4S2. The van der Waals surface area contributed by atoms with E-state index >= 15 is 0 Å². The monoisotopic (exact) mass is 582 g/mol. The lowest BCUT2D eigenvalue weighted by Crippen LogP contribution is -2.51. The Morgan fingerprint density at radius 2 is 1.79 bits per heavy atom. The standard InChI is InChI=1S/C26H29F3N4O4S2/c1-15-6-3-4-7-17(15)24-31-14-20(39-24)23(37)33-19(10-9-16(2)34)22(36)32-18(8-5-11-26(27,28)29)21(35)25-30-12-13-38-25/h3-4,6-7,12-14,16,18-19,34H,5,8-11H2,1-2H3,(H,32,36)(H,33,37)/t16?,18-,19-/m0/s1. The fourth-order valence-electron chi connectivity index (χ4n) is 3.76. The van der Waals surface area contributed by atoms with Crippen LogP contribution < -0.4 is 10.6 Å². The molecule has 0 saturated carbocycles. The molecule has 2 aromatic heterocycles. The molecule has 13 heteroatoms. The Hall–Kier alpha value is -3.16. The molecule has 2 heterocycles. The number of Topliss-reactive ketones (excluding diaryl/α,β-unsaturated/α-hetero) is 1. The number of hydrogen-bond acceptors (Lipinski definition) is 8. The van der Waals surface area contributed by atoms with Gasteiger partial charge in [0.2, 0.25) is 11.7 Å². The number of ketones is 1. The minimum Gasteiger partial charge on any atom is -0.393 e. The highest BCUT2D eigenvalue weighted by Crippen LogP contribution is 2.28. The van der Waals surface area contributed by atoms with Gasteiger partial charge >= 0.3 is 6.18 Å². The molecule has 3 rings (SSSR count). The summed E-state index contributed by atoms with van der Waals surface area (Å²) in [7, 11) is 0. The minimum absolute atomic E-state index is 0.0411. The summed E-state index contributed by atoms with van der Waals surface area (Å²) < 4.78 is 38.2. The molecule has 2 amide bonds. The summed E-state index contributed by atoms with van der Waals surface area (Å²) in [6.45, 7) is 3.45. The van der Waals surface area contributed by atoms with Crippen LogP contribution in [0.5, 0.6) is 0 Å². The second-order valence-corrected chi connectivity index (χ2v) is 11.0. The van der Waals surface area contributed by atoms with Crippen molar-refractivity contribution in [1.82, 2.24) is 20.6 Å². The Morgan fingerprint density at radius 1 is 1.05 bits per heavy atom. The molecule has 3 N–H and O–H groups in total. The smallest absolute Gasteiger partial charge is 0.389 e. The third-order valence-corrected chi connectivity index (χ3v) is 7.65. The van der Waals surface area contributed by atoms with Gasteiger partial charge < -0.3 is 15.7 Å². The van der Waals surface area contributed by atoms with Crippen LogP contribution in [-0.2, 0) is 4.79 Å². The van der Waals surface area contributed by atoms with Crippen molar-refractivity contribution in [2.45, 2.75) is 70.3 Å². The SMILES string of the molecule is Cc1ccccc1-c1ncc(C(=O)N[C@@H](CCC(C)O)C(=O)N[C@@H](CCCC(F)(F)F)C(=O)c2nccs2)s1. The number of benzene rings is 1. The van der Waals surface area contributed by atoms with Gasteiger partial charge in [-0.3, -0.25) is 14.4 Å². The Balaban J connectivity index is 1.75. The van der Waals surface area contributed by atoms with Gasteiger partial charge in [0.15, 0.2) is 5.01 Å². The number of nitrogens with one attached hydrogen (secondary N) is 2. The lowest BCUT2D eigenvalue weighted by Gasteiger charge is -2.23. The van der Waals surface area contributed by atoms with Gasteiger partial charge in [0, 0.05) is 23.6 Å². The maximum atomic E-state index is 13.2. The molecule has 39 heavy (non-hydrogen) atoms. The molecule has 210 valence electrons. The highest BCUT2D eigenvalue weighted by Gasteiger charge is 2.31. The van der Waals surface area contributed by atoms with E-state index in [9.17, 15) is 32.7 Å². The number of nitrogens with zero attached hydrogens (tertiary/aromatic N) is 2. The third-order valence-electron chi connectivity index (χ3n) is 5.83. The van der Waals surface area contributed by atoms with Gasteiger partial charge in [-0.15, -0.1) is 22.7 Å². The fourth-order valence-corrected chi connectivity index (χ4v) is 5.30. The number of aryl methyl sites for hydroxylation is 1. The molecule has 0 bridgehead atoms. The Labute approximate surface area is 231 Å². The summed E-state index contributed by atoms with van der Waals surface area (Å²) >= 11 is 2.16. The van der Waals surface area contributed by atoms with Crippen LogP contribution in [0.3, 0.4) is 0 Å². The molecule has 0 fully saturated rings. The van der Waals surface area contributed by atoms with Crippen LogP contribution >= 0.6 is 22.7 Å². The van der Waals surface area contributed by atoms with Crippen molar-refractivity contribution < 1.29 is 32.7 Å². The summed E-state index contributed by atoms with van der Waals surface area (Å²) in [5.74, 6) is -1.92. The Bertz CT molecular complexity index is 1260. The number of carbonyl (C=O) groups is 3. The molecule has 0 radical (unpaired) electrons. The zero-order valence-electron chi connectivity index (χ0n) is 21.3. The van der Waals surface area contributed by atoms with Gasteiger partial charge in [-0.2, -0.15) is 13.2 Å². The predicted octanol–water partition coefficient (Wildman–Crippen LogP) is 4.93. The molecule has 0 saturated heterocycles. The molecule has 1 unspecified atom stereocenters. The topological polar surface area (TPSA) is 121 Å². The van der Waals surface area contributed by atoms with Crippen LogP contribution in [-0.4, -0.2) is 57.0 Å². The number of aliphatic hydroxyl groups excluding tert-OH is 1. The van der Waals surface area contributed by atoms with Crippen molar-refractivity contribution in [3.05, 3.63) is 57.5 Å². The van der Waals surface area contributed by atoms with Crippen molar-refractivity contribution >= 4 is 40.3 Å². The van der Waals surface area contributed by atoms with E-state index in [0.29, 0.717) is 5.01 Å². The van der Waals surface area contributed by atoms with Crippen LogP contribution in [0.15, 0.2) is 42.0 Å². The van der Waals surface area contributed by atoms with Gasteiger partial charge in [0.05, 0.1) is 18.3 Å². The first-order valence-corrected chi connectivity index (χ1v) is 14.0. The average molecular weight is 583 g/mol. The van der Waals surface area contributed by atoms with Crippen LogP contribution in [0.25, 0.3) is 10.6 Å². The van der Waals surface area contributed by atoms with E-state index in [4.69, 9.17) is 0 Å². The third kappa shape index (κ3) is 9.22. The van der Waals surface area contributed by atoms with E-state index in [1.807, 2.05) is 31.2 Å². The molecule has 0 spiro atoms. The van der Waals surface area contributed by atoms with Crippen molar-refractivity contribution in [2.24, 2.45) is 0 Å². The normalized spacial score (nSPS) is 13.9. The van der Waals surface area contributed by atoms with Crippen molar-refractivity contribution in [3.8, 4) is 10.6 Å². The van der Waals surface area contributed by atoms with Crippen LogP contribution in [0, 0.1) is 6.92 Å². The quantitative estimate of drug-likeness (QED) is 0.246. The van der Waals surface area contributed by atoms with Crippen molar-refractivity contribution in [2.75, 3.05) is 0 Å². The first-order valence-electron chi connectivity index (χ1n) is 12.3. The van der Waals surface area contributed by atoms with Crippen LogP contribution in [0.1, 0.15) is 64.1 Å². The molecule has 0 aliphatic rings. The van der Waals surface area contributed by atoms with E-state index in [-0.39, 0.29) is 35.6 Å². The van der Waals surface area contributed by atoms with Crippen molar-refractivity contribution in [1.29, 1.82) is 0 Å². The molecule has 1 aromatic carbocycles. The summed E-state index contributed by atoms with van der Waals surface area (Å²) in [5, 5.41) is 17.1. The highest BCUT2D eigenvalue weighted by atomic mass is 32.1. The minimum atomic E-state index is -4.40. The number of aromatic nitrogens is 2. The van der Waals surface area contributed by atoms with Gasteiger partial charge in [0.1, 0.15) is 15.9 Å². The van der Waals surface area contributed by atoms with E-state index in [0.717, 1.165) is 33.8 Å². The second kappa shape index (κ2) is 13.8. The largest absolute Gasteiger partial charge is 0.393 e. The zero-order valence-corrected chi connectivity index (χ0v) is 23.0. The molecule has 8 nitrogen and oxygen atoms in total. The number of aliphatic hydroxyl groups is 1. The molecule has 0 aliphatic heterocycles. The van der Waals surface area contributed by atoms with E-state index in [1.54, 1.807) is 5.38 Å².